The molecular formula is C17H20N2O3. The topological polar surface area (TPSA) is 77.6 Å². The van der Waals surface area contributed by atoms with E-state index >= 15 is 0 Å². The number of carboxylic acids is 1. The van der Waals surface area contributed by atoms with Crippen LogP contribution in [0.4, 0.5) is 0 Å². The molecule has 116 valence electrons. The van der Waals surface area contributed by atoms with Crippen molar-refractivity contribution in [1.29, 1.82) is 5.26 Å². The van der Waals surface area contributed by atoms with Gasteiger partial charge in [0.1, 0.15) is 25.0 Å². The molecule has 0 unspecified atom stereocenters. The summed E-state index contributed by atoms with van der Waals surface area (Å²) in [7, 11) is 0. The molecule has 1 aromatic carbocycles. The van der Waals surface area contributed by atoms with Crippen molar-refractivity contribution in [2.45, 2.75) is 19.3 Å². The molecule has 1 N–H and O–H groups in total. The van der Waals surface area contributed by atoms with Crippen molar-refractivity contribution in [1.82, 2.24) is 0 Å². The van der Waals surface area contributed by atoms with Gasteiger partial charge in [0.25, 0.3) is 0 Å². The molecule has 0 atom stereocenters. The number of rotatable bonds is 6. The van der Waals surface area contributed by atoms with Crippen molar-refractivity contribution < 1.29 is 19.5 Å². The molecule has 1 aliphatic heterocycles. The zero-order valence-electron chi connectivity index (χ0n) is 12.5. The van der Waals surface area contributed by atoms with E-state index in [1.54, 1.807) is 35.2 Å². The average Bonchev–Trinajstić information content (AvgIpc) is 2.54. The SMILES string of the molecule is N#C/C(=C/c1ccc(OCC[NH+]2CCCCC2)cc1)C(=O)[O-]. The normalized spacial score (nSPS) is 16.0. The Labute approximate surface area is 130 Å². The average molecular weight is 300 g/mol. The molecule has 0 aliphatic carbocycles. The third kappa shape index (κ3) is 4.90. The lowest BCUT2D eigenvalue weighted by atomic mass is 10.1. The standard InChI is InChI=1S/C17H20N2O3/c18-13-15(17(20)21)12-14-4-6-16(7-5-14)22-11-10-19-8-2-1-3-9-19/h4-7,12H,1-3,8-11H2,(H,20,21)/b15-12-. The van der Waals surface area contributed by atoms with E-state index in [4.69, 9.17) is 10.00 Å². The summed E-state index contributed by atoms with van der Waals surface area (Å²) in [5.74, 6) is -0.715. The van der Waals surface area contributed by atoms with Gasteiger partial charge < -0.3 is 19.5 Å². The number of nitrogens with zero attached hydrogens (tertiary/aromatic N) is 1. The van der Waals surface area contributed by atoms with Crippen LogP contribution in [0.1, 0.15) is 24.8 Å². The Kier molecular flexibility index (Phi) is 5.99. The fourth-order valence-electron chi connectivity index (χ4n) is 2.58. The number of nitriles is 1. The molecule has 22 heavy (non-hydrogen) atoms. The van der Waals surface area contributed by atoms with Crippen molar-refractivity contribution >= 4 is 12.0 Å². The highest BCUT2D eigenvalue weighted by atomic mass is 16.5. The maximum Gasteiger partial charge on any atom is 0.137 e. The number of carboxylic acid groups (broad SMARTS) is 1. The van der Waals surface area contributed by atoms with Crippen LogP contribution in [0.25, 0.3) is 6.08 Å². The molecular weight excluding hydrogens is 280 g/mol. The second-order valence-electron chi connectivity index (χ2n) is 5.44. The Morgan fingerprint density at radius 2 is 1.95 bits per heavy atom. The zero-order valence-corrected chi connectivity index (χ0v) is 12.5. The van der Waals surface area contributed by atoms with Gasteiger partial charge in [-0.05, 0) is 43.0 Å². The molecule has 0 amide bonds. The lowest BCUT2D eigenvalue weighted by molar-refractivity contribution is -0.904. The second kappa shape index (κ2) is 8.20. The van der Waals surface area contributed by atoms with Crippen LogP contribution in [-0.4, -0.2) is 32.2 Å². The molecule has 1 aromatic rings. The number of piperidine rings is 1. The van der Waals surface area contributed by atoms with Crippen LogP contribution < -0.4 is 14.7 Å². The van der Waals surface area contributed by atoms with E-state index in [0.29, 0.717) is 12.2 Å². The molecule has 5 nitrogen and oxygen atoms in total. The minimum Gasteiger partial charge on any atom is -0.544 e. The van der Waals surface area contributed by atoms with Crippen LogP contribution in [-0.2, 0) is 4.79 Å². The van der Waals surface area contributed by atoms with Gasteiger partial charge in [-0.25, -0.2) is 0 Å². The van der Waals surface area contributed by atoms with Crippen molar-refractivity contribution in [2.24, 2.45) is 0 Å². The predicted octanol–water partition coefficient (Wildman–Crippen LogP) is -0.209. The van der Waals surface area contributed by atoms with E-state index in [1.165, 1.54) is 38.4 Å². The van der Waals surface area contributed by atoms with E-state index in [0.717, 1.165) is 12.3 Å². The van der Waals surface area contributed by atoms with Crippen molar-refractivity contribution in [3.8, 4) is 11.8 Å². The van der Waals surface area contributed by atoms with Gasteiger partial charge in [-0.1, -0.05) is 12.1 Å². The van der Waals surface area contributed by atoms with Gasteiger partial charge in [-0.2, -0.15) is 5.26 Å². The molecule has 0 radical (unpaired) electrons. The Morgan fingerprint density at radius 1 is 1.27 bits per heavy atom. The number of benzene rings is 1. The molecule has 0 saturated carbocycles. The quantitative estimate of drug-likeness (QED) is 0.582. The minimum atomic E-state index is -1.47. The van der Waals surface area contributed by atoms with E-state index in [9.17, 15) is 9.90 Å². The van der Waals surface area contributed by atoms with Crippen LogP contribution in [0.2, 0.25) is 0 Å². The highest BCUT2D eigenvalue weighted by Crippen LogP contribution is 2.14. The first-order valence-corrected chi connectivity index (χ1v) is 7.58. The molecule has 5 heteroatoms. The maximum atomic E-state index is 10.7. The van der Waals surface area contributed by atoms with Crippen LogP contribution >= 0.6 is 0 Å². The van der Waals surface area contributed by atoms with Crippen LogP contribution in [0, 0.1) is 11.3 Å². The van der Waals surface area contributed by atoms with Gasteiger partial charge in [0.15, 0.2) is 0 Å². The van der Waals surface area contributed by atoms with E-state index in [2.05, 4.69) is 0 Å². The summed E-state index contributed by atoms with van der Waals surface area (Å²) in [6, 6.07) is 8.61. The Hall–Kier alpha value is -2.32. The van der Waals surface area contributed by atoms with Crippen LogP contribution in [0.3, 0.4) is 0 Å². The number of likely N-dealkylation sites (tertiary alicyclic amines) is 1. The molecule has 0 bridgehead atoms. The van der Waals surface area contributed by atoms with Crippen molar-refractivity contribution in [3.63, 3.8) is 0 Å². The summed E-state index contributed by atoms with van der Waals surface area (Å²) in [5.41, 5.74) is 0.247. The lowest BCUT2D eigenvalue weighted by Gasteiger charge is -2.23. The van der Waals surface area contributed by atoms with Gasteiger partial charge >= 0.3 is 0 Å². The second-order valence-corrected chi connectivity index (χ2v) is 5.44. The number of carbonyl (C=O) groups excluding carboxylic acids is 1. The Bertz CT molecular complexity index is 567. The fourth-order valence-corrected chi connectivity index (χ4v) is 2.58. The van der Waals surface area contributed by atoms with Gasteiger partial charge in [-0.3, -0.25) is 0 Å². The Morgan fingerprint density at radius 3 is 2.55 bits per heavy atom. The molecule has 2 rings (SSSR count). The van der Waals surface area contributed by atoms with E-state index in [-0.39, 0.29) is 5.57 Å². The van der Waals surface area contributed by atoms with Crippen molar-refractivity contribution in [3.05, 3.63) is 35.4 Å². The van der Waals surface area contributed by atoms with E-state index in [1.807, 2.05) is 0 Å². The largest absolute Gasteiger partial charge is 0.544 e. The molecule has 0 spiro atoms. The lowest BCUT2D eigenvalue weighted by Crippen LogP contribution is -3.13. The van der Waals surface area contributed by atoms with Crippen LogP contribution in [0.5, 0.6) is 5.75 Å². The predicted molar refractivity (Wildman–Crippen MR) is 79.9 cm³/mol. The first-order chi connectivity index (χ1) is 10.7. The number of quaternary nitrogens is 1. The number of hydrogen-bond donors (Lipinski definition) is 1. The number of carbonyl (C=O) groups is 1. The summed E-state index contributed by atoms with van der Waals surface area (Å²) in [6.45, 7) is 4.14. The highest BCUT2D eigenvalue weighted by molar-refractivity contribution is 5.95. The molecule has 1 aliphatic rings. The third-order valence-electron chi connectivity index (χ3n) is 3.82. The number of aliphatic carboxylic acids is 1. The molecule has 1 fully saturated rings. The molecule has 0 aromatic heterocycles. The third-order valence-corrected chi connectivity index (χ3v) is 3.82. The molecule has 1 saturated heterocycles. The van der Waals surface area contributed by atoms with Crippen LogP contribution in [0.15, 0.2) is 29.8 Å². The first kappa shape index (κ1) is 16.1. The monoisotopic (exact) mass is 300 g/mol. The molecule has 1 heterocycles. The maximum absolute atomic E-state index is 10.7. The summed E-state index contributed by atoms with van der Waals surface area (Å²) in [6.07, 6.45) is 5.24. The van der Waals surface area contributed by atoms with Gasteiger partial charge in [-0.15, -0.1) is 0 Å². The Balaban J connectivity index is 1.84. The van der Waals surface area contributed by atoms with Crippen molar-refractivity contribution in [2.75, 3.05) is 26.2 Å². The number of hydrogen-bond acceptors (Lipinski definition) is 4. The summed E-state index contributed by atoms with van der Waals surface area (Å²) in [4.78, 5) is 12.3. The summed E-state index contributed by atoms with van der Waals surface area (Å²) in [5, 5.41) is 19.4. The first-order valence-electron chi connectivity index (χ1n) is 7.58. The number of ether oxygens (including phenoxy) is 1. The number of nitrogens with one attached hydrogen (secondary N) is 1. The summed E-state index contributed by atoms with van der Waals surface area (Å²) >= 11 is 0. The smallest absolute Gasteiger partial charge is 0.137 e. The van der Waals surface area contributed by atoms with Gasteiger partial charge in [0, 0.05) is 0 Å². The summed E-state index contributed by atoms with van der Waals surface area (Å²) < 4.78 is 5.71. The highest BCUT2D eigenvalue weighted by Gasteiger charge is 2.12. The minimum absolute atomic E-state index is 0.387. The fraction of sp³-hybridized carbons (Fsp3) is 0.412. The van der Waals surface area contributed by atoms with Gasteiger partial charge in [0.05, 0.1) is 24.6 Å². The van der Waals surface area contributed by atoms with Gasteiger partial charge in [0.2, 0.25) is 0 Å². The van der Waals surface area contributed by atoms with E-state index < -0.39 is 5.97 Å². The zero-order chi connectivity index (χ0) is 15.8.